The lowest BCUT2D eigenvalue weighted by Gasteiger charge is -2.23. The van der Waals surface area contributed by atoms with Gasteiger partial charge in [-0.3, -0.25) is 4.79 Å². The van der Waals surface area contributed by atoms with Crippen molar-refractivity contribution in [2.75, 3.05) is 10.7 Å². The summed E-state index contributed by atoms with van der Waals surface area (Å²) in [5.74, 6) is -7.27. The Morgan fingerprint density at radius 2 is 1.07 bits per heavy atom. The molecule has 0 aliphatic carbocycles. The largest absolute Gasteiger partial charge is 0.419 e. The van der Waals surface area contributed by atoms with Crippen LogP contribution in [0, 0.1) is 11.6 Å². The van der Waals surface area contributed by atoms with E-state index in [0.717, 1.165) is 24.3 Å². The first kappa shape index (κ1) is 24.8. The number of carbonyl (C=O) groups is 1. The van der Waals surface area contributed by atoms with Crippen molar-refractivity contribution in [2.45, 2.75) is 24.2 Å². The molecule has 0 radical (unpaired) electrons. The third-order valence-electron chi connectivity index (χ3n) is 4.41. The Morgan fingerprint density at radius 3 is 1.33 bits per heavy atom. The van der Waals surface area contributed by atoms with Gasteiger partial charge < -0.3 is 0 Å². The molecule has 0 spiro atoms. The lowest BCUT2D eigenvalue weighted by atomic mass is 9.84. The third kappa shape index (κ3) is 5.04. The van der Waals surface area contributed by atoms with Gasteiger partial charge in [0.25, 0.3) is 0 Å². The van der Waals surface area contributed by atoms with Crippen LogP contribution in [0.25, 0.3) is 0 Å². The Morgan fingerprint density at radius 1 is 0.733 bits per heavy atom. The summed E-state index contributed by atoms with van der Waals surface area (Å²) in [5, 5.41) is -0.651. The van der Waals surface area contributed by atoms with Gasteiger partial charge in [0.1, 0.15) is 17.4 Å². The molecule has 0 bridgehead atoms. The SMILES string of the molecule is O=C(C(CBr)c1cccc(C(F)(F)F)c1F)C(CBr)c1cccc(C(F)(F)F)c1F. The number of rotatable bonds is 6. The smallest absolute Gasteiger partial charge is 0.298 e. The highest BCUT2D eigenvalue weighted by atomic mass is 79.9. The molecule has 2 aromatic rings. The number of Topliss-reactive ketones (excluding diaryl/α,β-unsaturated/α-hetero) is 1. The number of hydrogen-bond donors (Lipinski definition) is 0. The van der Waals surface area contributed by atoms with Gasteiger partial charge >= 0.3 is 12.4 Å². The summed E-state index contributed by atoms with van der Waals surface area (Å²) in [6.07, 6.45) is -10.0. The monoisotopic (exact) mass is 566 g/mol. The molecular formula is C19H12Br2F8O. The number of benzene rings is 2. The second-order valence-electron chi connectivity index (χ2n) is 6.23. The van der Waals surface area contributed by atoms with E-state index in [1.165, 1.54) is 0 Å². The van der Waals surface area contributed by atoms with Gasteiger partial charge in [0.2, 0.25) is 0 Å². The first-order valence-electron chi connectivity index (χ1n) is 8.21. The predicted molar refractivity (Wildman–Crippen MR) is 101 cm³/mol. The lowest BCUT2D eigenvalue weighted by Crippen LogP contribution is -2.26. The summed E-state index contributed by atoms with van der Waals surface area (Å²) in [5.41, 5.74) is -4.35. The van der Waals surface area contributed by atoms with E-state index >= 15 is 0 Å². The molecule has 30 heavy (non-hydrogen) atoms. The summed E-state index contributed by atoms with van der Waals surface area (Å²) in [7, 11) is 0. The standard InChI is InChI=1S/C19H12Br2F8O/c20-7-11(9-3-1-5-13(15(9)22)18(24,25)26)17(30)12(8-21)10-4-2-6-14(16(10)23)19(27,28)29/h1-6,11-12H,7-8H2. The molecule has 11 heteroatoms. The average Bonchev–Trinajstić information content (AvgIpc) is 2.63. The van der Waals surface area contributed by atoms with Crippen LogP contribution in [0.15, 0.2) is 36.4 Å². The lowest BCUT2D eigenvalue weighted by molar-refractivity contribution is -0.140. The van der Waals surface area contributed by atoms with Gasteiger partial charge in [0.15, 0.2) is 0 Å². The molecule has 2 atom stereocenters. The minimum absolute atomic E-state index is 0.325. The quantitative estimate of drug-likeness (QED) is 0.266. The van der Waals surface area contributed by atoms with Crippen LogP contribution in [-0.4, -0.2) is 16.4 Å². The van der Waals surface area contributed by atoms with E-state index in [2.05, 4.69) is 31.9 Å². The van der Waals surface area contributed by atoms with Crippen LogP contribution in [-0.2, 0) is 17.1 Å². The van der Waals surface area contributed by atoms with Crippen LogP contribution in [0.4, 0.5) is 35.1 Å². The molecule has 0 aliphatic rings. The fourth-order valence-electron chi connectivity index (χ4n) is 2.94. The highest BCUT2D eigenvalue weighted by Crippen LogP contribution is 2.39. The predicted octanol–water partition coefficient (Wildman–Crippen LogP) is 7.23. The van der Waals surface area contributed by atoms with Crippen molar-refractivity contribution in [1.82, 2.24) is 0 Å². The zero-order valence-corrected chi connectivity index (χ0v) is 17.9. The van der Waals surface area contributed by atoms with Crippen LogP contribution in [0.1, 0.15) is 34.1 Å². The minimum Gasteiger partial charge on any atom is -0.298 e. The van der Waals surface area contributed by atoms with Crippen molar-refractivity contribution in [3.63, 3.8) is 0 Å². The van der Waals surface area contributed by atoms with Crippen LogP contribution >= 0.6 is 31.9 Å². The van der Waals surface area contributed by atoms with Gasteiger partial charge in [-0.1, -0.05) is 56.1 Å². The van der Waals surface area contributed by atoms with E-state index < -0.39 is 63.9 Å². The van der Waals surface area contributed by atoms with E-state index in [0.29, 0.717) is 12.1 Å². The molecule has 2 rings (SSSR count). The topological polar surface area (TPSA) is 17.1 Å². The van der Waals surface area contributed by atoms with Crippen molar-refractivity contribution in [1.29, 1.82) is 0 Å². The Kier molecular flexibility index (Phi) is 7.71. The molecule has 0 heterocycles. The molecule has 0 fully saturated rings. The van der Waals surface area contributed by atoms with Crippen LogP contribution in [0.5, 0.6) is 0 Å². The number of ketones is 1. The van der Waals surface area contributed by atoms with Crippen LogP contribution < -0.4 is 0 Å². The van der Waals surface area contributed by atoms with E-state index in [-0.39, 0.29) is 10.7 Å². The van der Waals surface area contributed by atoms with Crippen molar-refractivity contribution >= 4 is 37.6 Å². The number of hydrogen-bond acceptors (Lipinski definition) is 1. The minimum atomic E-state index is -5.01. The zero-order chi connectivity index (χ0) is 22.9. The van der Waals surface area contributed by atoms with E-state index in [9.17, 15) is 39.9 Å². The second-order valence-corrected chi connectivity index (χ2v) is 7.52. The van der Waals surface area contributed by atoms with Crippen molar-refractivity contribution in [3.05, 3.63) is 70.3 Å². The zero-order valence-electron chi connectivity index (χ0n) is 14.7. The van der Waals surface area contributed by atoms with Crippen molar-refractivity contribution in [2.24, 2.45) is 0 Å². The van der Waals surface area contributed by atoms with Crippen LogP contribution in [0.2, 0.25) is 0 Å². The Labute approximate surface area is 182 Å². The van der Waals surface area contributed by atoms with E-state index in [1.807, 2.05) is 0 Å². The molecule has 0 saturated heterocycles. The summed E-state index contributed by atoms with van der Waals surface area (Å²) < 4.78 is 107. The van der Waals surface area contributed by atoms with Gasteiger partial charge in [-0.25, -0.2) is 8.78 Å². The Balaban J connectivity index is 2.55. The second kappa shape index (κ2) is 9.33. The summed E-state index contributed by atoms with van der Waals surface area (Å²) >= 11 is 5.88. The highest BCUT2D eigenvalue weighted by Gasteiger charge is 2.40. The Bertz CT molecular complexity index is 850. The van der Waals surface area contributed by atoms with Crippen molar-refractivity contribution in [3.8, 4) is 0 Å². The van der Waals surface area contributed by atoms with Crippen molar-refractivity contribution < 1.29 is 39.9 Å². The fourth-order valence-corrected chi connectivity index (χ4v) is 4.28. The molecule has 1 nitrogen and oxygen atoms in total. The van der Waals surface area contributed by atoms with Gasteiger partial charge in [0, 0.05) is 10.7 Å². The molecule has 0 N–H and O–H groups in total. The molecule has 0 aromatic heterocycles. The molecule has 164 valence electrons. The van der Waals surface area contributed by atoms with Gasteiger partial charge in [0.05, 0.1) is 23.0 Å². The first-order valence-corrected chi connectivity index (χ1v) is 10.5. The molecule has 0 amide bonds. The molecular weight excluding hydrogens is 556 g/mol. The van der Waals surface area contributed by atoms with Crippen LogP contribution in [0.3, 0.4) is 0 Å². The normalized spacial score (nSPS) is 14.5. The summed E-state index contributed by atoms with van der Waals surface area (Å²) in [6, 6.07) is 4.78. The number of halogens is 10. The summed E-state index contributed by atoms with van der Waals surface area (Å²) in [6.45, 7) is 0. The third-order valence-corrected chi connectivity index (χ3v) is 5.71. The van der Waals surface area contributed by atoms with Gasteiger partial charge in [-0.05, 0) is 23.3 Å². The fraction of sp³-hybridized carbons (Fsp3) is 0.316. The number of alkyl halides is 8. The van der Waals surface area contributed by atoms with Gasteiger partial charge in [-0.15, -0.1) is 0 Å². The summed E-state index contributed by atoms with van der Waals surface area (Å²) in [4.78, 5) is 13.0. The molecule has 2 unspecified atom stereocenters. The maximum Gasteiger partial charge on any atom is 0.419 e. The molecule has 2 aromatic carbocycles. The molecule has 0 saturated carbocycles. The first-order chi connectivity index (χ1) is 13.8. The maximum absolute atomic E-state index is 14.5. The molecule has 0 aliphatic heterocycles. The maximum atomic E-state index is 14.5. The van der Waals surface area contributed by atoms with E-state index in [1.54, 1.807) is 0 Å². The average molecular weight is 568 g/mol. The van der Waals surface area contributed by atoms with E-state index in [4.69, 9.17) is 0 Å². The van der Waals surface area contributed by atoms with Gasteiger partial charge in [-0.2, -0.15) is 26.3 Å². The Hall–Kier alpha value is -1.49. The highest BCUT2D eigenvalue weighted by molar-refractivity contribution is 9.09. The number of carbonyl (C=O) groups excluding carboxylic acids is 1.